The van der Waals surface area contributed by atoms with E-state index in [2.05, 4.69) is 45.6 Å². The maximum Gasteiger partial charge on any atom is 0.225 e. The largest absolute Gasteiger partial charge is 0.341 e. The minimum Gasteiger partial charge on any atom is -0.341 e. The number of piperidine rings is 1. The molecule has 5 nitrogen and oxygen atoms in total. The van der Waals surface area contributed by atoms with Crippen LogP contribution in [0.5, 0.6) is 0 Å². The zero-order valence-electron chi connectivity index (χ0n) is 15.8. The average molecular weight is 334 g/mol. The molecule has 0 unspecified atom stereocenters. The molecule has 136 valence electrons. The van der Waals surface area contributed by atoms with E-state index in [0.29, 0.717) is 0 Å². The molecule has 0 spiro atoms. The highest BCUT2D eigenvalue weighted by molar-refractivity contribution is 5.28. The Morgan fingerprint density at radius 2 is 1.50 bits per heavy atom. The average Bonchev–Trinajstić information content (AvgIpc) is 2.65. The third-order valence-corrected chi connectivity index (χ3v) is 5.06. The zero-order valence-corrected chi connectivity index (χ0v) is 15.8. The molecule has 24 heavy (non-hydrogen) atoms. The van der Waals surface area contributed by atoms with Gasteiger partial charge in [-0.3, -0.25) is 0 Å². The number of piperazine rings is 1. The molecule has 5 heteroatoms. The van der Waals surface area contributed by atoms with Gasteiger partial charge in [0.2, 0.25) is 5.95 Å². The molecule has 0 N–H and O–H groups in total. The van der Waals surface area contributed by atoms with Crippen molar-refractivity contribution in [2.45, 2.75) is 39.5 Å². The lowest BCUT2D eigenvalue weighted by Gasteiger charge is -2.37. The summed E-state index contributed by atoms with van der Waals surface area (Å²) in [6.07, 6.45) is 8.84. The van der Waals surface area contributed by atoms with Gasteiger partial charge in [0.05, 0.1) is 0 Å². The van der Waals surface area contributed by atoms with Crippen LogP contribution in [0, 0.1) is 5.92 Å². The number of hydrogen-bond acceptors (Lipinski definition) is 5. The predicted molar refractivity (Wildman–Crippen MR) is 101 cm³/mol. The second kappa shape index (κ2) is 10.6. The van der Waals surface area contributed by atoms with E-state index in [1.54, 1.807) is 0 Å². The van der Waals surface area contributed by atoms with Crippen molar-refractivity contribution >= 4 is 5.95 Å². The summed E-state index contributed by atoms with van der Waals surface area (Å²) in [6.45, 7) is 12.7. The van der Waals surface area contributed by atoms with Gasteiger partial charge >= 0.3 is 0 Å². The van der Waals surface area contributed by atoms with Crippen molar-refractivity contribution in [2.24, 2.45) is 5.92 Å². The monoisotopic (exact) mass is 333 g/mol. The normalized spacial score (nSPS) is 20.5. The molecule has 2 saturated heterocycles. The van der Waals surface area contributed by atoms with Crippen LogP contribution in [-0.4, -0.2) is 72.6 Å². The van der Waals surface area contributed by atoms with Crippen LogP contribution >= 0.6 is 0 Å². The van der Waals surface area contributed by atoms with E-state index in [1.807, 2.05) is 18.5 Å². The maximum absolute atomic E-state index is 4.35. The Balaban J connectivity index is 0.000000471. The topological polar surface area (TPSA) is 35.5 Å². The molecule has 0 saturated carbocycles. The highest BCUT2D eigenvalue weighted by atomic mass is 15.3. The van der Waals surface area contributed by atoms with Crippen LogP contribution in [0.3, 0.4) is 0 Å². The number of anilines is 1. The van der Waals surface area contributed by atoms with E-state index in [-0.39, 0.29) is 0 Å². The second-order valence-corrected chi connectivity index (χ2v) is 7.08. The summed E-state index contributed by atoms with van der Waals surface area (Å²) in [5.74, 6) is 1.74. The Morgan fingerprint density at radius 3 is 2.04 bits per heavy atom. The van der Waals surface area contributed by atoms with Crippen LogP contribution < -0.4 is 4.90 Å². The molecule has 3 heterocycles. The standard InChI is InChI=1S/C15H25N5.C4H10/c1-18-9-11-19(12-10-18)13-14-3-7-20(8-4-14)15-16-5-2-6-17-15;1-3-4-2/h2,5-6,14H,3-4,7-13H2,1H3;3-4H2,1-2H3. The Kier molecular flexibility index (Phi) is 8.47. The highest BCUT2D eigenvalue weighted by Gasteiger charge is 2.23. The molecule has 3 rings (SSSR count). The third-order valence-electron chi connectivity index (χ3n) is 5.06. The van der Waals surface area contributed by atoms with Crippen LogP contribution in [0.15, 0.2) is 18.5 Å². The fraction of sp³-hybridized carbons (Fsp3) is 0.789. The Labute approximate surface area is 148 Å². The molecule has 1 aromatic heterocycles. The molecule has 0 radical (unpaired) electrons. The Bertz CT molecular complexity index is 421. The number of unbranched alkanes of at least 4 members (excludes halogenated alkanes) is 1. The zero-order chi connectivity index (χ0) is 17.2. The molecule has 1 aromatic rings. The number of nitrogens with zero attached hydrogens (tertiary/aromatic N) is 5. The summed E-state index contributed by atoms with van der Waals surface area (Å²) in [5.41, 5.74) is 0. The molecule has 0 aromatic carbocycles. The fourth-order valence-electron chi connectivity index (χ4n) is 3.17. The van der Waals surface area contributed by atoms with E-state index in [4.69, 9.17) is 0 Å². The van der Waals surface area contributed by atoms with Gasteiger partial charge in [-0.25, -0.2) is 9.97 Å². The van der Waals surface area contributed by atoms with Gasteiger partial charge in [0.1, 0.15) is 0 Å². The van der Waals surface area contributed by atoms with Crippen LogP contribution in [0.4, 0.5) is 5.95 Å². The van der Waals surface area contributed by atoms with Crippen LogP contribution in [-0.2, 0) is 0 Å². The van der Waals surface area contributed by atoms with Gasteiger partial charge in [-0.1, -0.05) is 26.7 Å². The first-order chi connectivity index (χ1) is 11.7. The van der Waals surface area contributed by atoms with Gasteiger partial charge in [-0.05, 0) is 31.9 Å². The molecular formula is C19H35N5. The van der Waals surface area contributed by atoms with Crippen molar-refractivity contribution in [3.63, 3.8) is 0 Å². The van der Waals surface area contributed by atoms with E-state index in [1.165, 1.54) is 58.4 Å². The second-order valence-electron chi connectivity index (χ2n) is 7.08. The van der Waals surface area contributed by atoms with Crippen molar-refractivity contribution in [2.75, 3.05) is 57.8 Å². The van der Waals surface area contributed by atoms with E-state index in [0.717, 1.165) is 25.0 Å². The lowest BCUT2D eigenvalue weighted by molar-refractivity contribution is 0.129. The summed E-state index contributed by atoms with van der Waals surface area (Å²) in [5, 5.41) is 0. The quantitative estimate of drug-likeness (QED) is 0.847. The summed E-state index contributed by atoms with van der Waals surface area (Å²) in [6, 6.07) is 1.88. The fourth-order valence-corrected chi connectivity index (χ4v) is 3.17. The van der Waals surface area contributed by atoms with Gasteiger partial charge in [-0.15, -0.1) is 0 Å². The van der Waals surface area contributed by atoms with Gasteiger partial charge in [0.25, 0.3) is 0 Å². The number of likely N-dealkylation sites (N-methyl/N-ethyl adjacent to an activating group) is 1. The number of aromatic nitrogens is 2. The first-order valence-electron chi connectivity index (χ1n) is 9.65. The molecule has 0 atom stereocenters. The van der Waals surface area contributed by atoms with Gasteiger partial charge < -0.3 is 14.7 Å². The lowest BCUT2D eigenvalue weighted by atomic mass is 9.96. The molecule has 2 fully saturated rings. The molecular weight excluding hydrogens is 298 g/mol. The van der Waals surface area contributed by atoms with Crippen LogP contribution in [0.1, 0.15) is 39.5 Å². The molecule has 0 amide bonds. The van der Waals surface area contributed by atoms with Crippen LogP contribution in [0.25, 0.3) is 0 Å². The molecule has 0 aliphatic carbocycles. The van der Waals surface area contributed by atoms with Crippen molar-refractivity contribution in [1.29, 1.82) is 0 Å². The van der Waals surface area contributed by atoms with E-state index >= 15 is 0 Å². The Hall–Kier alpha value is -1.20. The van der Waals surface area contributed by atoms with E-state index in [9.17, 15) is 0 Å². The van der Waals surface area contributed by atoms with Gasteiger partial charge in [-0.2, -0.15) is 0 Å². The first-order valence-corrected chi connectivity index (χ1v) is 9.65. The minimum absolute atomic E-state index is 0.846. The first kappa shape index (κ1) is 19.1. The van der Waals surface area contributed by atoms with Crippen molar-refractivity contribution in [3.05, 3.63) is 18.5 Å². The molecule has 2 aliphatic heterocycles. The van der Waals surface area contributed by atoms with E-state index < -0.39 is 0 Å². The van der Waals surface area contributed by atoms with Crippen molar-refractivity contribution in [1.82, 2.24) is 19.8 Å². The molecule has 0 bridgehead atoms. The highest BCUT2D eigenvalue weighted by Crippen LogP contribution is 2.21. The lowest BCUT2D eigenvalue weighted by Crippen LogP contribution is -2.47. The van der Waals surface area contributed by atoms with Crippen LogP contribution in [0.2, 0.25) is 0 Å². The Morgan fingerprint density at radius 1 is 0.917 bits per heavy atom. The SMILES string of the molecule is CCCC.CN1CCN(CC2CCN(c3ncccn3)CC2)CC1. The summed E-state index contributed by atoms with van der Waals surface area (Å²) in [7, 11) is 2.22. The number of rotatable bonds is 4. The minimum atomic E-state index is 0.846. The maximum atomic E-state index is 4.35. The predicted octanol–water partition coefficient (Wildman–Crippen LogP) is 2.75. The summed E-state index contributed by atoms with van der Waals surface area (Å²) < 4.78 is 0. The smallest absolute Gasteiger partial charge is 0.225 e. The summed E-state index contributed by atoms with van der Waals surface area (Å²) in [4.78, 5) is 16.1. The summed E-state index contributed by atoms with van der Waals surface area (Å²) >= 11 is 0. The van der Waals surface area contributed by atoms with Crippen molar-refractivity contribution < 1.29 is 0 Å². The van der Waals surface area contributed by atoms with Gasteiger partial charge in [0.15, 0.2) is 0 Å². The van der Waals surface area contributed by atoms with Gasteiger partial charge in [0, 0.05) is 58.2 Å². The van der Waals surface area contributed by atoms with Crippen molar-refractivity contribution in [3.8, 4) is 0 Å². The number of hydrogen-bond donors (Lipinski definition) is 0. The molecule has 2 aliphatic rings. The third kappa shape index (κ3) is 6.36.